The minimum atomic E-state index is -4.23. The number of nitrogens with two attached hydrogens (primary N) is 1. The van der Waals surface area contributed by atoms with Crippen molar-refractivity contribution in [3.8, 4) is 0 Å². The van der Waals surface area contributed by atoms with Crippen LogP contribution in [0.3, 0.4) is 0 Å². The highest BCUT2D eigenvalue weighted by Crippen LogP contribution is 2.30. The fourth-order valence-corrected chi connectivity index (χ4v) is 2.07. The minimum Gasteiger partial charge on any atom is -0.308 e. The zero-order valence-corrected chi connectivity index (χ0v) is 12.2. The molecule has 1 rings (SSSR count). The zero-order chi connectivity index (χ0) is 15.3. The Kier molecular flexibility index (Phi) is 6.25. The first kappa shape index (κ1) is 17.2. The average Bonchev–Trinajstić information content (AvgIpc) is 2.68. The number of halogens is 4. The summed E-state index contributed by atoms with van der Waals surface area (Å²) < 4.78 is 38.5. The first-order valence-corrected chi connectivity index (χ1v) is 6.51. The molecule has 1 atom stereocenters. The van der Waals surface area contributed by atoms with Crippen LogP contribution in [0, 0.1) is 0 Å². The van der Waals surface area contributed by atoms with Gasteiger partial charge in [0.05, 0.1) is 29.5 Å². The molecule has 0 aliphatic heterocycles. The van der Waals surface area contributed by atoms with Crippen molar-refractivity contribution in [2.45, 2.75) is 31.6 Å². The van der Waals surface area contributed by atoms with Crippen molar-refractivity contribution in [2.24, 2.45) is 5.84 Å². The van der Waals surface area contributed by atoms with Crippen LogP contribution in [0.25, 0.3) is 0 Å². The van der Waals surface area contributed by atoms with Crippen LogP contribution in [0.1, 0.15) is 24.6 Å². The molecule has 9 heteroatoms. The lowest BCUT2D eigenvalue weighted by molar-refractivity contribution is -0.136. The Morgan fingerprint density at radius 3 is 2.65 bits per heavy atom. The number of hydrogen-bond donors (Lipinski definition) is 2. The summed E-state index contributed by atoms with van der Waals surface area (Å²) in [5.74, 6) is 5.36. The van der Waals surface area contributed by atoms with Gasteiger partial charge >= 0.3 is 6.18 Å². The van der Waals surface area contributed by atoms with Gasteiger partial charge in [0.25, 0.3) is 0 Å². The molecular weight excluding hydrogens is 295 g/mol. The SMILES string of the molecule is CN(C)CCn1ncc(Cl)c1C(CCC(F)(F)F)NN. The molecule has 3 N–H and O–H groups in total. The number of nitrogens with one attached hydrogen (secondary N) is 1. The van der Waals surface area contributed by atoms with Crippen LogP contribution < -0.4 is 11.3 Å². The van der Waals surface area contributed by atoms with E-state index in [1.807, 2.05) is 19.0 Å². The van der Waals surface area contributed by atoms with Gasteiger partial charge in [0.2, 0.25) is 0 Å². The quantitative estimate of drug-likeness (QED) is 0.597. The maximum atomic E-state index is 12.3. The molecule has 1 aromatic rings. The van der Waals surface area contributed by atoms with Gasteiger partial charge in [-0.15, -0.1) is 0 Å². The van der Waals surface area contributed by atoms with E-state index in [1.165, 1.54) is 6.20 Å². The molecule has 116 valence electrons. The number of rotatable bonds is 7. The van der Waals surface area contributed by atoms with Crippen LogP contribution in [0.4, 0.5) is 13.2 Å². The van der Waals surface area contributed by atoms with Gasteiger partial charge in [0.1, 0.15) is 0 Å². The highest BCUT2D eigenvalue weighted by molar-refractivity contribution is 6.31. The lowest BCUT2D eigenvalue weighted by Crippen LogP contribution is -2.32. The normalized spacial score (nSPS) is 14.0. The van der Waals surface area contributed by atoms with Crippen LogP contribution in [0.5, 0.6) is 0 Å². The monoisotopic (exact) mass is 313 g/mol. The van der Waals surface area contributed by atoms with E-state index in [0.29, 0.717) is 23.8 Å². The van der Waals surface area contributed by atoms with Gasteiger partial charge in [-0.05, 0) is 20.5 Å². The van der Waals surface area contributed by atoms with Crippen LogP contribution in [0.2, 0.25) is 5.02 Å². The van der Waals surface area contributed by atoms with E-state index in [2.05, 4.69) is 10.5 Å². The van der Waals surface area contributed by atoms with Crippen LogP contribution >= 0.6 is 11.6 Å². The van der Waals surface area contributed by atoms with E-state index in [1.54, 1.807) is 4.68 Å². The second kappa shape index (κ2) is 7.26. The molecule has 0 bridgehead atoms. The summed E-state index contributed by atoms with van der Waals surface area (Å²) in [6.45, 7) is 1.22. The summed E-state index contributed by atoms with van der Waals surface area (Å²) in [7, 11) is 3.79. The summed E-state index contributed by atoms with van der Waals surface area (Å²) in [4.78, 5) is 1.94. The maximum absolute atomic E-state index is 12.3. The molecule has 20 heavy (non-hydrogen) atoms. The molecular formula is C11H19ClF3N5. The summed E-state index contributed by atoms with van der Waals surface area (Å²) in [6.07, 6.45) is -3.93. The van der Waals surface area contributed by atoms with E-state index < -0.39 is 18.6 Å². The molecule has 0 aliphatic carbocycles. The smallest absolute Gasteiger partial charge is 0.308 e. The first-order chi connectivity index (χ1) is 9.24. The molecule has 0 fully saturated rings. The molecule has 0 saturated carbocycles. The number of hydrogen-bond acceptors (Lipinski definition) is 4. The predicted molar refractivity (Wildman–Crippen MR) is 71.1 cm³/mol. The molecule has 0 aliphatic rings. The van der Waals surface area contributed by atoms with Crippen molar-refractivity contribution < 1.29 is 13.2 Å². The van der Waals surface area contributed by atoms with Gasteiger partial charge in [-0.25, -0.2) is 0 Å². The third-order valence-corrected chi connectivity index (χ3v) is 3.13. The van der Waals surface area contributed by atoms with E-state index >= 15 is 0 Å². The Morgan fingerprint density at radius 1 is 1.50 bits per heavy atom. The van der Waals surface area contributed by atoms with Gasteiger partial charge in [-0.2, -0.15) is 18.3 Å². The second-order valence-electron chi connectivity index (χ2n) is 4.78. The molecule has 0 saturated heterocycles. The van der Waals surface area contributed by atoms with Gasteiger partial charge in [-0.1, -0.05) is 11.6 Å². The van der Waals surface area contributed by atoms with Gasteiger partial charge in [-0.3, -0.25) is 16.0 Å². The van der Waals surface area contributed by atoms with Crippen molar-refractivity contribution in [3.63, 3.8) is 0 Å². The molecule has 1 heterocycles. The third kappa shape index (κ3) is 5.28. The largest absolute Gasteiger partial charge is 0.389 e. The Balaban J connectivity index is 2.82. The number of likely N-dealkylation sites (N-methyl/N-ethyl adjacent to an activating group) is 1. The standard InChI is InChI=1S/C11H19ClF3N5/c1-19(2)5-6-20-10(8(12)7-17-20)9(18-16)3-4-11(13,14)15/h7,9,18H,3-6,16H2,1-2H3. The van der Waals surface area contributed by atoms with E-state index in [-0.39, 0.29) is 6.42 Å². The van der Waals surface area contributed by atoms with Gasteiger partial charge in [0.15, 0.2) is 0 Å². The van der Waals surface area contributed by atoms with Crippen molar-refractivity contribution in [3.05, 3.63) is 16.9 Å². The first-order valence-electron chi connectivity index (χ1n) is 6.13. The molecule has 1 aromatic heterocycles. The Labute approximate surface area is 120 Å². The fourth-order valence-electron chi connectivity index (χ4n) is 1.80. The van der Waals surface area contributed by atoms with E-state index in [0.717, 1.165) is 0 Å². The molecule has 5 nitrogen and oxygen atoms in total. The lowest BCUT2D eigenvalue weighted by atomic mass is 10.1. The summed E-state index contributed by atoms with van der Waals surface area (Å²) in [5, 5.41) is 4.40. The van der Waals surface area contributed by atoms with Gasteiger partial charge in [0, 0.05) is 13.0 Å². The Morgan fingerprint density at radius 2 is 2.15 bits per heavy atom. The molecule has 0 spiro atoms. The number of alkyl halides is 3. The summed E-state index contributed by atoms with van der Waals surface area (Å²) in [6, 6.07) is -0.686. The number of nitrogens with zero attached hydrogens (tertiary/aromatic N) is 3. The van der Waals surface area contributed by atoms with Gasteiger partial charge < -0.3 is 4.90 Å². The molecule has 0 amide bonds. The van der Waals surface area contributed by atoms with Crippen molar-refractivity contribution in [1.29, 1.82) is 0 Å². The number of hydrazine groups is 1. The predicted octanol–water partition coefficient (Wildman–Crippen LogP) is 1.94. The second-order valence-corrected chi connectivity index (χ2v) is 5.18. The lowest BCUT2D eigenvalue weighted by Gasteiger charge is -2.20. The Bertz CT molecular complexity index is 419. The topological polar surface area (TPSA) is 59.1 Å². The summed E-state index contributed by atoms with van der Waals surface area (Å²) in [5.41, 5.74) is 2.87. The Hall–Kier alpha value is -0.830. The van der Waals surface area contributed by atoms with Crippen molar-refractivity contribution >= 4 is 11.6 Å². The maximum Gasteiger partial charge on any atom is 0.389 e. The van der Waals surface area contributed by atoms with E-state index in [9.17, 15) is 13.2 Å². The zero-order valence-electron chi connectivity index (χ0n) is 11.4. The summed E-state index contributed by atoms with van der Waals surface area (Å²) >= 11 is 6.01. The minimum absolute atomic E-state index is 0.187. The highest BCUT2D eigenvalue weighted by atomic mass is 35.5. The van der Waals surface area contributed by atoms with Crippen LogP contribution in [-0.4, -0.2) is 41.5 Å². The van der Waals surface area contributed by atoms with Crippen molar-refractivity contribution in [1.82, 2.24) is 20.1 Å². The fraction of sp³-hybridized carbons (Fsp3) is 0.727. The molecule has 1 unspecified atom stereocenters. The third-order valence-electron chi connectivity index (χ3n) is 2.84. The highest BCUT2D eigenvalue weighted by Gasteiger charge is 2.30. The van der Waals surface area contributed by atoms with Crippen LogP contribution in [0.15, 0.2) is 6.20 Å². The number of aromatic nitrogens is 2. The molecule has 0 radical (unpaired) electrons. The molecule has 0 aromatic carbocycles. The van der Waals surface area contributed by atoms with Crippen molar-refractivity contribution in [2.75, 3.05) is 20.6 Å². The van der Waals surface area contributed by atoms with Crippen LogP contribution in [-0.2, 0) is 6.54 Å². The average molecular weight is 314 g/mol. The van der Waals surface area contributed by atoms with E-state index in [4.69, 9.17) is 17.4 Å².